The molecule has 2 fully saturated rings. The standard InChI is InChI=1S/C14H17N3O3/c18-8-7-16-11-3-6-17(12(11)9-13(16)19)14(20)10-1-4-15-5-2-10/h1-2,4-5,11-12,18H,3,6-9H2/t11-,12+/m0/s1. The van der Waals surface area contributed by atoms with Crippen LogP contribution in [0.5, 0.6) is 0 Å². The molecule has 2 saturated heterocycles. The van der Waals surface area contributed by atoms with Gasteiger partial charge < -0.3 is 14.9 Å². The van der Waals surface area contributed by atoms with Crippen LogP contribution < -0.4 is 0 Å². The molecule has 20 heavy (non-hydrogen) atoms. The summed E-state index contributed by atoms with van der Waals surface area (Å²) in [5.74, 6) is -0.0140. The highest BCUT2D eigenvalue weighted by atomic mass is 16.3. The average Bonchev–Trinajstić information content (AvgIpc) is 3.00. The van der Waals surface area contributed by atoms with E-state index < -0.39 is 0 Å². The van der Waals surface area contributed by atoms with Crippen molar-refractivity contribution >= 4 is 11.8 Å². The highest BCUT2D eigenvalue weighted by molar-refractivity contribution is 5.95. The Bertz CT molecular complexity index is 520. The Kier molecular flexibility index (Phi) is 3.40. The number of pyridine rings is 1. The van der Waals surface area contributed by atoms with E-state index in [-0.39, 0.29) is 30.5 Å². The van der Waals surface area contributed by atoms with Crippen molar-refractivity contribution in [2.45, 2.75) is 24.9 Å². The lowest BCUT2D eigenvalue weighted by Crippen LogP contribution is -2.40. The third-order valence-electron chi connectivity index (χ3n) is 4.14. The summed E-state index contributed by atoms with van der Waals surface area (Å²) >= 11 is 0. The molecule has 1 N–H and O–H groups in total. The maximum atomic E-state index is 12.5. The van der Waals surface area contributed by atoms with E-state index in [0.29, 0.717) is 25.1 Å². The van der Waals surface area contributed by atoms with Crippen LogP contribution in [-0.2, 0) is 4.79 Å². The van der Waals surface area contributed by atoms with Gasteiger partial charge in [-0.1, -0.05) is 0 Å². The van der Waals surface area contributed by atoms with Crippen LogP contribution >= 0.6 is 0 Å². The highest BCUT2D eigenvalue weighted by Crippen LogP contribution is 2.33. The molecule has 0 saturated carbocycles. The first-order valence-electron chi connectivity index (χ1n) is 6.83. The maximum Gasteiger partial charge on any atom is 0.254 e. The minimum absolute atomic E-state index is 0.0290. The van der Waals surface area contributed by atoms with Crippen molar-refractivity contribution in [2.75, 3.05) is 19.7 Å². The summed E-state index contributed by atoms with van der Waals surface area (Å²) in [7, 11) is 0. The van der Waals surface area contributed by atoms with Crippen molar-refractivity contribution in [3.63, 3.8) is 0 Å². The maximum absolute atomic E-state index is 12.5. The van der Waals surface area contributed by atoms with Gasteiger partial charge in [-0.2, -0.15) is 0 Å². The van der Waals surface area contributed by atoms with E-state index in [0.717, 1.165) is 6.42 Å². The predicted octanol–water partition coefficient (Wildman–Crippen LogP) is -0.111. The van der Waals surface area contributed by atoms with Crippen LogP contribution in [0.15, 0.2) is 24.5 Å². The minimum Gasteiger partial charge on any atom is -0.395 e. The second-order valence-corrected chi connectivity index (χ2v) is 5.17. The van der Waals surface area contributed by atoms with E-state index in [1.807, 2.05) is 0 Å². The number of carbonyl (C=O) groups is 2. The highest BCUT2D eigenvalue weighted by Gasteiger charge is 2.47. The fourth-order valence-electron chi connectivity index (χ4n) is 3.24. The molecule has 0 radical (unpaired) electrons. The molecule has 0 spiro atoms. The van der Waals surface area contributed by atoms with Crippen LogP contribution in [0, 0.1) is 0 Å². The Hall–Kier alpha value is -1.95. The first-order chi connectivity index (χ1) is 9.72. The summed E-state index contributed by atoms with van der Waals surface area (Å²) in [6.07, 6.45) is 4.34. The fourth-order valence-corrected chi connectivity index (χ4v) is 3.24. The number of hydrogen-bond donors (Lipinski definition) is 1. The van der Waals surface area contributed by atoms with Gasteiger partial charge in [-0.05, 0) is 18.6 Å². The summed E-state index contributed by atoms with van der Waals surface area (Å²) in [4.78, 5) is 31.8. The monoisotopic (exact) mass is 275 g/mol. The van der Waals surface area contributed by atoms with E-state index in [1.165, 1.54) is 0 Å². The first-order valence-corrected chi connectivity index (χ1v) is 6.83. The lowest BCUT2D eigenvalue weighted by molar-refractivity contribution is -0.129. The number of likely N-dealkylation sites (tertiary alicyclic amines) is 2. The minimum atomic E-state index is -0.0604. The zero-order valence-electron chi connectivity index (χ0n) is 11.1. The number of aliphatic hydroxyl groups excluding tert-OH is 1. The largest absolute Gasteiger partial charge is 0.395 e. The number of nitrogens with zero attached hydrogens (tertiary/aromatic N) is 3. The summed E-state index contributed by atoms with van der Waals surface area (Å²) < 4.78 is 0. The number of aliphatic hydroxyl groups is 1. The Morgan fingerprint density at radius 3 is 2.80 bits per heavy atom. The van der Waals surface area contributed by atoms with Crippen LogP contribution in [0.3, 0.4) is 0 Å². The van der Waals surface area contributed by atoms with Gasteiger partial charge in [0.1, 0.15) is 0 Å². The number of aromatic nitrogens is 1. The molecular formula is C14H17N3O3. The molecule has 2 atom stereocenters. The molecule has 1 aromatic heterocycles. The van der Waals surface area contributed by atoms with E-state index in [9.17, 15) is 9.59 Å². The number of carbonyl (C=O) groups excluding carboxylic acids is 2. The third kappa shape index (κ3) is 2.06. The Labute approximate surface area is 117 Å². The van der Waals surface area contributed by atoms with Crippen LogP contribution in [0.4, 0.5) is 0 Å². The van der Waals surface area contributed by atoms with Crippen LogP contribution in [-0.4, -0.2) is 63.5 Å². The van der Waals surface area contributed by atoms with Crippen molar-refractivity contribution < 1.29 is 14.7 Å². The van der Waals surface area contributed by atoms with Crippen molar-refractivity contribution in [3.8, 4) is 0 Å². The predicted molar refractivity (Wildman–Crippen MR) is 70.9 cm³/mol. The SMILES string of the molecule is O=C(c1ccncc1)N1CC[C@H]2[C@H]1CC(=O)N2CCO. The van der Waals surface area contributed by atoms with Gasteiger partial charge in [0.25, 0.3) is 5.91 Å². The number of fused-ring (bicyclic) bond motifs is 1. The lowest BCUT2D eigenvalue weighted by atomic mass is 10.1. The smallest absolute Gasteiger partial charge is 0.254 e. The molecule has 2 aliphatic heterocycles. The van der Waals surface area contributed by atoms with Crippen molar-refractivity contribution in [1.29, 1.82) is 0 Å². The van der Waals surface area contributed by atoms with E-state index >= 15 is 0 Å². The summed E-state index contributed by atoms with van der Waals surface area (Å²) in [5, 5.41) is 9.04. The number of amides is 2. The summed E-state index contributed by atoms with van der Waals surface area (Å²) in [5.41, 5.74) is 0.605. The second-order valence-electron chi connectivity index (χ2n) is 5.17. The van der Waals surface area contributed by atoms with Gasteiger partial charge in [0.05, 0.1) is 18.7 Å². The molecule has 1 aromatic rings. The average molecular weight is 275 g/mol. The molecule has 0 unspecified atom stereocenters. The van der Waals surface area contributed by atoms with Crippen LogP contribution in [0.25, 0.3) is 0 Å². The topological polar surface area (TPSA) is 73.7 Å². The van der Waals surface area contributed by atoms with Crippen molar-refractivity contribution in [3.05, 3.63) is 30.1 Å². The van der Waals surface area contributed by atoms with Crippen molar-refractivity contribution in [1.82, 2.24) is 14.8 Å². The summed E-state index contributed by atoms with van der Waals surface area (Å²) in [6, 6.07) is 3.38. The Morgan fingerprint density at radius 1 is 1.35 bits per heavy atom. The molecule has 106 valence electrons. The zero-order valence-corrected chi connectivity index (χ0v) is 11.1. The van der Waals surface area contributed by atoms with Gasteiger partial charge in [-0.3, -0.25) is 14.6 Å². The van der Waals surface area contributed by atoms with Gasteiger partial charge in [0.15, 0.2) is 0 Å². The number of rotatable bonds is 3. The molecule has 2 aliphatic rings. The van der Waals surface area contributed by atoms with Gasteiger partial charge in [0.2, 0.25) is 5.91 Å². The third-order valence-corrected chi connectivity index (χ3v) is 4.14. The molecule has 0 bridgehead atoms. The fraction of sp³-hybridized carbons (Fsp3) is 0.500. The van der Waals surface area contributed by atoms with E-state index in [2.05, 4.69) is 4.98 Å². The first kappa shape index (κ1) is 13.1. The van der Waals surface area contributed by atoms with Crippen LogP contribution in [0.2, 0.25) is 0 Å². The van der Waals surface area contributed by atoms with Gasteiger partial charge in [-0.25, -0.2) is 0 Å². The quantitative estimate of drug-likeness (QED) is 0.835. The van der Waals surface area contributed by atoms with E-state index in [1.54, 1.807) is 34.3 Å². The normalized spacial score (nSPS) is 25.1. The summed E-state index contributed by atoms with van der Waals surface area (Å²) in [6.45, 7) is 0.982. The van der Waals surface area contributed by atoms with Crippen LogP contribution in [0.1, 0.15) is 23.2 Å². The van der Waals surface area contributed by atoms with Gasteiger partial charge >= 0.3 is 0 Å². The molecule has 0 aliphatic carbocycles. The zero-order chi connectivity index (χ0) is 14.1. The molecule has 2 amide bonds. The number of β-amino-alcohol motifs (C(OH)–C–C–N with tert-alkyl or cyclic N) is 1. The number of hydrogen-bond acceptors (Lipinski definition) is 4. The van der Waals surface area contributed by atoms with Crippen molar-refractivity contribution in [2.24, 2.45) is 0 Å². The Balaban J connectivity index is 1.78. The molecular weight excluding hydrogens is 258 g/mol. The second kappa shape index (κ2) is 5.20. The lowest BCUT2D eigenvalue weighted by Gasteiger charge is -2.25. The molecule has 0 aromatic carbocycles. The molecule has 6 heteroatoms. The molecule has 6 nitrogen and oxygen atoms in total. The van der Waals surface area contributed by atoms with Gasteiger partial charge in [-0.15, -0.1) is 0 Å². The molecule has 3 rings (SSSR count). The molecule has 3 heterocycles. The van der Waals surface area contributed by atoms with E-state index in [4.69, 9.17) is 5.11 Å². The Morgan fingerprint density at radius 2 is 2.10 bits per heavy atom. The van der Waals surface area contributed by atoms with Gasteiger partial charge in [0, 0.05) is 37.5 Å².